The molecule has 0 radical (unpaired) electrons. The summed E-state index contributed by atoms with van der Waals surface area (Å²) >= 11 is 1.33. The average molecular weight is 276 g/mol. The van der Waals surface area contributed by atoms with Gasteiger partial charge in [0.2, 0.25) is 0 Å². The molecule has 1 aromatic heterocycles. The van der Waals surface area contributed by atoms with Gasteiger partial charge in [0.25, 0.3) is 5.91 Å². The summed E-state index contributed by atoms with van der Waals surface area (Å²) in [6, 6.07) is 8.32. The first-order chi connectivity index (χ1) is 9.20. The Kier molecular flexibility index (Phi) is 4.15. The maximum Gasteiger partial charge on any atom is 0.281 e. The minimum atomic E-state index is -0.278. The number of phenols is 1. The molecular weight excluding hydrogens is 264 g/mol. The summed E-state index contributed by atoms with van der Waals surface area (Å²) in [4.78, 5) is 12.2. The van der Waals surface area contributed by atoms with Gasteiger partial charge in [0.15, 0.2) is 0 Å². The van der Waals surface area contributed by atoms with E-state index in [0.717, 1.165) is 0 Å². The average Bonchev–Trinajstić information content (AvgIpc) is 2.94. The summed E-state index contributed by atoms with van der Waals surface area (Å²) in [5, 5.41) is 15.3. The van der Waals surface area contributed by atoms with Gasteiger partial charge < -0.3 is 9.84 Å². The molecule has 0 saturated carbocycles. The molecule has 1 aromatic carbocycles. The molecule has 5 nitrogen and oxygen atoms in total. The van der Waals surface area contributed by atoms with Gasteiger partial charge in [-0.25, -0.2) is 5.43 Å². The van der Waals surface area contributed by atoms with Gasteiger partial charge in [-0.05, 0) is 23.6 Å². The molecule has 0 spiro atoms. The Hall–Kier alpha value is -2.34. The molecule has 6 heteroatoms. The molecule has 0 saturated heterocycles. The second-order valence-corrected chi connectivity index (χ2v) is 4.55. The number of hydrogen-bond acceptors (Lipinski definition) is 5. The number of carbonyl (C=O) groups excluding carboxylic acids is 1. The fraction of sp³-hybridized carbons (Fsp3) is 0.0769. The number of amides is 1. The van der Waals surface area contributed by atoms with Crippen LogP contribution in [-0.4, -0.2) is 24.3 Å². The summed E-state index contributed by atoms with van der Waals surface area (Å²) in [6.45, 7) is 0. The number of ether oxygens (including phenoxy) is 1. The quantitative estimate of drug-likeness (QED) is 0.664. The topological polar surface area (TPSA) is 70.9 Å². The van der Waals surface area contributed by atoms with Crippen molar-refractivity contribution in [2.45, 2.75) is 0 Å². The number of nitrogens with zero attached hydrogens (tertiary/aromatic N) is 1. The van der Waals surface area contributed by atoms with Crippen molar-refractivity contribution in [1.29, 1.82) is 0 Å². The number of aromatic hydroxyl groups is 1. The number of carbonyl (C=O) groups is 1. The van der Waals surface area contributed by atoms with Crippen molar-refractivity contribution < 1.29 is 14.6 Å². The largest absolute Gasteiger partial charge is 0.507 e. The van der Waals surface area contributed by atoms with Crippen LogP contribution in [0.3, 0.4) is 0 Å². The number of benzene rings is 1. The van der Waals surface area contributed by atoms with Gasteiger partial charge in [0.1, 0.15) is 11.5 Å². The van der Waals surface area contributed by atoms with E-state index in [1.165, 1.54) is 30.7 Å². The van der Waals surface area contributed by atoms with Crippen molar-refractivity contribution in [3.63, 3.8) is 0 Å². The summed E-state index contributed by atoms with van der Waals surface area (Å²) in [6.07, 6.45) is 1.38. The van der Waals surface area contributed by atoms with Crippen LogP contribution in [0.4, 0.5) is 0 Å². The normalized spacial score (nSPS) is 10.6. The van der Waals surface area contributed by atoms with Gasteiger partial charge in [0, 0.05) is 11.6 Å². The fourth-order valence-corrected chi connectivity index (χ4v) is 2.00. The fourth-order valence-electron chi connectivity index (χ4n) is 1.38. The van der Waals surface area contributed by atoms with Gasteiger partial charge in [-0.15, -0.1) is 11.3 Å². The smallest absolute Gasteiger partial charge is 0.281 e. The Balaban J connectivity index is 2.01. The molecule has 2 N–H and O–H groups in total. The van der Waals surface area contributed by atoms with Crippen molar-refractivity contribution in [2.24, 2.45) is 5.10 Å². The molecule has 0 fully saturated rings. The van der Waals surface area contributed by atoms with Crippen molar-refractivity contribution >= 4 is 23.5 Å². The van der Waals surface area contributed by atoms with Gasteiger partial charge in [-0.2, -0.15) is 5.10 Å². The van der Waals surface area contributed by atoms with Crippen LogP contribution in [0.5, 0.6) is 11.5 Å². The van der Waals surface area contributed by atoms with Crippen molar-refractivity contribution in [1.82, 2.24) is 5.43 Å². The van der Waals surface area contributed by atoms with Crippen molar-refractivity contribution in [3.8, 4) is 11.5 Å². The van der Waals surface area contributed by atoms with Gasteiger partial charge in [-0.1, -0.05) is 6.07 Å². The minimum absolute atomic E-state index is 0.0356. The molecule has 0 aliphatic carbocycles. The number of hydrogen-bond donors (Lipinski definition) is 2. The molecule has 0 aliphatic rings. The van der Waals surface area contributed by atoms with Crippen molar-refractivity contribution in [2.75, 3.05) is 7.11 Å². The molecule has 2 aromatic rings. The van der Waals surface area contributed by atoms with Crippen LogP contribution in [0, 0.1) is 0 Å². The molecule has 2 rings (SSSR count). The van der Waals surface area contributed by atoms with E-state index in [9.17, 15) is 9.90 Å². The van der Waals surface area contributed by atoms with E-state index >= 15 is 0 Å². The summed E-state index contributed by atoms with van der Waals surface area (Å²) < 4.78 is 4.97. The molecule has 19 heavy (non-hydrogen) atoms. The summed E-state index contributed by atoms with van der Waals surface area (Å²) in [5.41, 5.74) is 2.88. The van der Waals surface area contributed by atoms with Gasteiger partial charge in [0.05, 0.1) is 18.2 Å². The number of hydrazone groups is 1. The molecule has 0 atom stereocenters. The van der Waals surface area contributed by atoms with Crippen LogP contribution in [0.15, 0.2) is 40.8 Å². The Morgan fingerprint density at radius 3 is 2.95 bits per heavy atom. The monoisotopic (exact) mass is 276 g/mol. The molecule has 0 aliphatic heterocycles. The Labute approximate surface area is 114 Å². The SMILES string of the molecule is COc1ccc(/C=N\NC(=O)c2cccs2)c(O)c1. The van der Waals surface area contributed by atoms with E-state index in [-0.39, 0.29) is 11.7 Å². The molecular formula is C13H12N2O3S. The Morgan fingerprint density at radius 2 is 2.32 bits per heavy atom. The van der Waals surface area contributed by atoms with E-state index in [1.54, 1.807) is 24.3 Å². The lowest BCUT2D eigenvalue weighted by molar-refractivity contribution is 0.0959. The molecule has 1 heterocycles. The molecule has 98 valence electrons. The second kappa shape index (κ2) is 6.01. The number of methoxy groups -OCH3 is 1. The van der Waals surface area contributed by atoms with Crippen LogP contribution < -0.4 is 10.2 Å². The number of nitrogens with one attached hydrogen (secondary N) is 1. The molecule has 0 bridgehead atoms. The first kappa shape index (κ1) is 13.1. The lowest BCUT2D eigenvalue weighted by Gasteiger charge is -2.02. The van der Waals surface area contributed by atoms with E-state index < -0.39 is 0 Å². The highest BCUT2D eigenvalue weighted by atomic mass is 32.1. The summed E-state index contributed by atoms with van der Waals surface area (Å²) in [5.74, 6) is 0.310. The second-order valence-electron chi connectivity index (χ2n) is 3.60. The zero-order chi connectivity index (χ0) is 13.7. The number of phenolic OH excluding ortho intramolecular Hbond substituents is 1. The van der Waals surface area contributed by atoms with Crippen LogP contribution >= 0.6 is 11.3 Å². The highest BCUT2D eigenvalue weighted by molar-refractivity contribution is 7.12. The zero-order valence-electron chi connectivity index (χ0n) is 10.2. The zero-order valence-corrected chi connectivity index (χ0v) is 11.0. The lowest BCUT2D eigenvalue weighted by Crippen LogP contribution is -2.16. The Bertz CT molecular complexity index is 594. The highest BCUT2D eigenvalue weighted by Gasteiger charge is 2.04. The minimum Gasteiger partial charge on any atom is -0.507 e. The first-order valence-corrected chi connectivity index (χ1v) is 6.32. The number of rotatable bonds is 4. The third-order valence-electron chi connectivity index (χ3n) is 2.35. The lowest BCUT2D eigenvalue weighted by atomic mass is 10.2. The highest BCUT2D eigenvalue weighted by Crippen LogP contribution is 2.21. The molecule has 1 amide bonds. The van der Waals surface area contributed by atoms with Crippen LogP contribution in [0.25, 0.3) is 0 Å². The maximum absolute atomic E-state index is 11.6. The van der Waals surface area contributed by atoms with Crippen molar-refractivity contribution in [3.05, 3.63) is 46.2 Å². The predicted molar refractivity (Wildman–Crippen MR) is 74.0 cm³/mol. The van der Waals surface area contributed by atoms with Gasteiger partial charge in [-0.3, -0.25) is 4.79 Å². The van der Waals surface area contributed by atoms with Crippen LogP contribution in [0.2, 0.25) is 0 Å². The number of thiophene rings is 1. The maximum atomic E-state index is 11.6. The van der Waals surface area contributed by atoms with E-state index in [2.05, 4.69) is 10.5 Å². The first-order valence-electron chi connectivity index (χ1n) is 5.44. The summed E-state index contributed by atoms with van der Waals surface area (Å²) in [7, 11) is 1.52. The third kappa shape index (κ3) is 3.32. The Morgan fingerprint density at radius 1 is 1.47 bits per heavy atom. The van der Waals surface area contributed by atoms with E-state index in [4.69, 9.17) is 4.74 Å². The third-order valence-corrected chi connectivity index (χ3v) is 3.22. The molecule has 0 unspecified atom stereocenters. The predicted octanol–water partition coefficient (Wildman–Crippen LogP) is 2.23. The van der Waals surface area contributed by atoms with Crippen LogP contribution in [0.1, 0.15) is 15.2 Å². The standard InChI is InChI=1S/C13H12N2O3S/c1-18-10-5-4-9(11(16)7-10)8-14-15-13(17)12-3-2-6-19-12/h2-8,16H,1H3,(H,15,17)/b14-8-. The van der Waals surface area contributed by atoms with E-state index in [1.807, 2.05) is 5.38 Å². The van der Waals surface area contributed by atoms with E-state index in [0.29, 0.717) is 16.2 Å². The van der Waals surface area contributed by atoms with Gasteiger partial charge >= 0.3 is 0 Å². The van der Waals surface area contributed by atoms with Crippen LogP contribution in [-0.2, 0) is 0 Å².